The van der Waals surface area contributed by atoms with Gasteiger partial charge in [0.15, 0.2) is 0 Å². The lowest BCUT2D eigenvalue weighted by molar-refractivity contribution is -0.287. The summed E-state index contributed by atoms with van der Waals surface area (Å²) in [7, 11) is 0. The van der Waals surface area contributed by atoms with Gasteiger partial charge in [0.1, 0.15) is 5.41 Å². The fraction of sp³-hybridized carbons (Fsp3) is 0.923. The van der Waals surface area contributed by atoms with Crippen LogP contribution in [-0.2, 0) is 14.3 Å². The van der Waals surface area contributed by atoms with Crippen molar-refractivity contribution < 1.29 is 19.4 Å². The second-order valence-electron chi connectivity index (χ2n) is 5.86. The number of ether oxygens (including phenoxy) is 2. The molecule has 17 heavy (non-hydrogen) atoms. The predicted molar refractivity (Wildman–Crippen MR) is 60.7 cm³/mol. The van der Waals surface area contributed by atoms with Crippen molar-refractivity contribution in [2.45, 2.75) is 32.1 Å². The zero-order valence-corrected chi connectivity index (χ0v) is 10.1. The molecule has 1 N–H and O–H groups in total. The van der Waals surface area contributed by atoms with E-state index in [-0.39, 0.29) is 5.41 Å². The van der Waals surface area contributed by atoms with Crippen LogP contribution in [0.2, 0.25) is 0 Å². The van der Waals surface area contributed by atoms with E-state index in [1.165, 1.54) is 32.1 Å². The van der Waals surface area contributed by atoms with Crippen molar-refractivity contribution in [3.8, 4) is 0 Å². The second-order valence-corrected chi connectivity index (χ2v) is 5.86. The maximum atomic E-state index is 11.7. The summed E-state index contributed by atoms with van der Waals surface area (Å²) in [5.41, 5.74) is -0.801. The Kier molecular flexibility index (Phi) is 2.67. The lowest BCUT2D eigenvalue weighted by Gasteiger charge is -2.60. The molecule has 3 rings (SSSR count). The zero-order chi connectivity index (χ0) is 11.9. The highest BCUT2D eigenvalue weighted by molar-refractivity contribution is 5.77. The van der Waals surface area contributed by atoms with E-state index in [0.29, 0.717) is 32.3 Å². The van der Waals surface area contributed by atoms with Crippen LogP contribution in [0.3, 0.4) is 0 Å². The van der Waals surface area contributed by atoms with E-state index in [9.17, 15) is 9.90 Å². The summed E-state index contributed by atoms with van der Waals surface area (Å²) in [6.45, 7) is 1.99. The molecule has 4 nitrogen and oxygen atoms in total. The van der Waals surface area contributed by atoms with E-state index >= 15 is 0 Å². The Bertz CT molecular complexity index is 311. The molecule has 2 saturated heterocycles. The number of carboxylic acid groups (broad SMARTS) is 1. The standard InChI is InChI=1S/C13H20O4/c14-11(15)13(8-17-9-13)12(6-16-7-12)10-4-2-1-3-5-10/h10H,1-9H2,(H,14,15). The first kappa shape index (κ1) is 11.5. The van der Waals surface area contributed by atoms with Gasteiger partial charge in [-0.15, -0.1) is 0 Å². The Morgan fingerprint density at radius 3 is 1.94 bits per heavy atom. The van der Waals surface area contributed by atoms with Gasteiger partial charge in [-0.3, -0.25) is 4.79 Å². The van der Waals surface area contributed by atoms with Crippen LogP contribution in [0.4, 0.5) is 0 Å². The van der Waals surface area contributed by atoms with Crippen LogP contribution >= 0.6 is 0 Å². The number of hydrogen-bond donors (Lipinski definition) is 1. The van der Waals surface area contributed by atoms with Crippen LogP contribution in [0.15, 0.2) is 0 Å². The lowest BCUT2D eigenvalue weighted by Crippen LogP contribution is -2.70. The molecule has 0 radical (unpaired) electrons. The van der Waals surface area contributed by atoms with Crippen molar-refractivity contribution in [1.29, 1.82) is 0 Å². The molecular weight excluding hydrogens is 220 g/mol. The van der Waals surface area contributed by atoms with Gasteiger partial charge >= 0.3 is 5.97 Å². The fourth-order valence-corrected chi connectivity index (χ4v) is 3.81. The minimum Gasteiger partial charge on any atom is -0.481 e. The van der Waals surface area contributed by atoms with Gasteiger partial charge in [0.05, 0.1) is 26.4 Å². The predicted octanol–water partition coefficient (Wildman–Crippen LogP) is 1.68. The first-order valence-electron chi connectivity index (χ1n) is 6.60. The molecule has 0 aromatic carbocycles. The molecule has 3 aliphatic rings. The van der Waals surface area contributed by atoms with Gasteiger partial charge in [-0.05, 0) is 18.8 Å². The van der Waals surface area contributed by atoms with Crippen LogP contribution in [0.25, 0.3) is 0 Å². The maximum absolute atomic E-state index is 11.7. The fourth-order valence-electron chi connectivity index (χ4n) is 3.81. The zero-order valence-electron chi connectivity index (χ0n) is 10.1. The van der Waals surface area contributed by atoms with Crippen molar-refractivity contribution in [2.75, 3.05) is 26.4 Å². The summed E-state index contributed by atoms with van der Waals surface area (Å²) in [6, 6.07) is 0. The van der Waals surface area contributed by atoms with E-state index in [1.54, 1.807) is 0 Å². The smallest absolute Gasteiger partial charge is 0.315 e. The molecule has 2 aliphatic heterocycles. The highest BCUT2D eigenvalue weighted by Crippen LogP contribution is 2.57. The molecule has 0 spiro atoms. The maximum Gasteiger partial charge on any atom is 0.315 e. The van der Waals surface area contributed by atoms with Crippen LogP contribution in [-0.4, -0.2) is 37.5 Å². The minimum absolute atomic E-state index is 0.141. The Morgan fingerprint density at radius 1 is 1.00 bits per heavy atom. The van der Waals surface area contributed by atoms with Crippen molar-refractivity contribution >= 4 is 5.97 Å². The third-order valence-corrected chi connectivity index (χ3v) is 5.17. The third kappa shape index (κ3) is 1.40. The average Bonchev–Trinajstić information content (AvgIpc) is 2.21. The number of carbonyl (C=O) groups is 1. The largest absolute Gasteiger partial charge is 0.481 e. The molecular formula is C13H20O4. The van der Waals surface area contributed by atoms with Gasteiger partial charge in [-0.2, -0.15) is 0 Å². The highest BCUT2D eigenvalue weighted by atomic mass is 16.5. The van der Waals surface area contributed by atoms with Gasteiger partial charge in [0.25, 0.3) is 0 Å². The Morgan fingerprint density at radius 2 is 1.59 bits per heavy atom. The van der Waals surface area contributed by atoms with E-state index < -0.39 is 11.4 Å². The summed E-state index contributed by atoms with van der Waals surface area (Å²) in [4.78, 5) is 11.7. The summed E-state index contributed by atoms with van der Waals surface area (Å²) in [6.07, 6.45) is 6.10. The van der Waals surface area contributed by atoms with Crippen LogP contribution in [0, 0.1) is 16.7 Å². The minimum atomic E-state index is -0.683. The Balaban J connectivity index is 1.87. The van der Waals surface area contributed by atoms with E-state index in [1.807, 2.05) is 0 Å². The van der Waals surface area contributed by atoms with Gasteiger partial charge < -0.3 is 14.6 Å². The summed E-state index contributed by atoms with van der Waals surface area (Å²) >= 11 is 0. The monoisotopic (exact) mass is 240 g/mol. The normalized spacial score (nSPS) is 31.3. The van der Waals surface area contributed by atoms with Crippen molar-refractivity contribution in [1.82, 2.24) is 0 Å². The van der Waals surface area contributed by atoms with E-state index in [4.69, 9.17) is 9.47 Å². The highest BCUT2D eigenvalue weighted by Gasteiger charge is 2.67. The molecule has 0 atom stereocenters. The molecule has 0 aromatic rings. The summed E-state index contributed by atoms with van der Waals surface area (Å²) in [5.74, 6) is -0.164. The number of carboxylic acids is 1. The quantitative estimate of drug-likeness (QED) is 0.815. The number of rotatable bonds is 3. The Hall–Kier alpha value is -0.610. The van der Waals surface area contributed by atoms with Crippen molar-refractivity contribution in [3.63, 3.8) is 0 Å². The number of hydrogen-bond acceptors (Lipinski definition) is 3. The first-order chi connectivity index (χ1) is 8.21. The SMILES string of the molecule is O=C(O)C1(C2(C3CCCCC3)COC2)COC1. The lowest BCUT2D eigenvalue weighted by atomic mass is 9.52. The van der Waals surface area contributed by atoms with E-state index in [2.05, 4.69) is 0 Å². The van der Waals surface area contributed by atoms with Gasteiger partial charge in [-0.1, -0.05) is 19.3 Å². The molecule has 1 saturated carbocycles. The average molecular weight is 240 g/mol. The van der Waals surface area contributed by atoms with Gasteiger partial charge in [0, 0.05) is 5.41 Å². The molecule has 0 aromatic heterocycles. The second kappa shape index (κ2) is 3.95. The van der Waals surface area contributed by atoms with E-state index in [0.717, 1.165) is 0 Å². The Labute approximate surface area is 101 Å². The van der Waals surface area contributed by atoms with Crippen molar-refractivity contribution in [2.24, 2.45) is 16.7 Å². The van der Waals surface area contributed by atoms with Crippen LogP contribution in [0.5, 0.6) is 0 Å². The molecule has 4 heteroatoms. The van der Waals surface area contributed by atoms with Crippen molar-refractivity contribution in [3.05, 3.63) is 0 Å². The molecule has 1 aliphatic carbocycles. The van der Waals surface area contributed by atoms with Crippen LogP contribution < -0.4 is 0 Å². The van der Waals surface area contributed by atoms with Gasteiger partial charge in [0.2, 0.25) is 0 Å². The molecule has 2 heterocycles. The topological polar surface area (TPSA) is 55.8 Å². The molecule has 3 fully saturated rings. The number of aliphatic carboxylic acids is 1. The summed E-state index contributed by atoms with van der Waals surface area (Å²) < 4.78 is 10.6. The third-order valence-electron chi connectivity index (χ3n) is 5.17. The molecule has 96 valence electrons. The molecule has 0 bridgehead atoms. The van der Waals surface area contributed by atoms with Crippen LogP contribution in [0.1, 0.15) is 32.1 Å². The first-order valence-corrected chi connectivity index (χ1v) is 6.60. The molecule has 0 unspecified atom stereocenters. The summed E-state index contributed by atoms with van der Waals surface area (Å²) in [5, 5.41) is 9.58. The van der Waals surface area contributed by atoms with Gasteiger partial charge in [-0.25, -0.2) is 0 Å². The molecule has 0 amide bonds.